The van der Waals surface area contributed by atoms with E-state index in [9.17, 15) is 4.79 Å². The summed E-state index contributed by atoms with van der Waals surface area (Å²) in [4.78, 5) is 16.7. The van der Waals surface area contributed by atoms with Crippen molar-refractivity contribution >= 4 is 17.5 Å². The van der Waals surface area contributed by atoms with Crippen molar-refractivity contribution in [3.05, 3.63) is 59.9 Å². The Hall–Kier alpha value is -2.07. The monoisotopic (exact) mass is 318 g/mol. The Morgan fingerprint density at radius 3 is 2.45 bits per heavy atom. The first-order chi connectivity index (χ1) is 10.4. The van der Waals surface area contributed by atoms with Gasteiger partial charge < -0.3 is 10.1 Å². The number of alkyl halides is 1. The van der Waals surface area contributed by atoms with Crippen LogP contribution in [0.3, 0.4) is 0 Å². The van der Waals surface area contributed by atoms with Crippen molar-refractivity contribution in [2.24, 2.45) is 0 Å². The molecule has 2 rings (SSSR count). The van der Waals surface area contributed by atoms with Gasteiger partial charge in [-0.2, -0.15) is 0 Å². The zero-order valence-electron chi connectivity index (χ0n) is 12.8. The molecule has 1 heterocycles. The SMILES string of the molecule is COc1ccc(C(Cl)C(=O)NC(C)(C)c2ccccn2)cc1. The van der Waals surface area contributed by atoms with Gasteiger partial charge in [-0.05, 0) is 43.7 Å². The number of carbonyl (C=O) groups is 1. The van der Waals surface area contributed by atoms with Crippen LogP contribution in [0.2, 0.25) is 0 Å². The van der Waals surface area contributed by atoms with Gasteiger partial charge in [0.2, 0.25) is 5.91 Å². The van der Waals surface area contributed by atoms with E-state index in [1.54, 1.807) is 37.6 Å². The van der Waals surface area contributed by atoms with E-state index < -0.39 is 10.9 Å². The molecule has 0 bridgehead atoms. The number of hydrogen-bond donors (Lipinski definition) is 1. The molecule has 1 unspecified atom stereocenters. The first-order valence-corrected chi connectivity index (χ1v) is 7.39. The molecule has 22 heavy (non-hydrogen) atoms. The summed E-state index contributed by atoms with van der Waals surface area (Å²) < 4.78 is 5.10. The number of amides is 1. The number of carbonyl (C=O) groups excluding carboxylic acids is 1. The fourth-order valence-electron chi connectivity index (χ4n) is 2.09. The van der Waals surface area contributed by atoms with E-state index in [1.807, 2.05) is 32.0 Å². The van der Waals surface area contributed by atoms with Crippen LogP contribution in [-0.2, 0) is 10.3 Å². The minimum absolute atomic E-state index is 0.262. The molecular formula is C17H19ClN2O2. The van der Waals surface area contributed by atoms with Crippen molar-refractivity contribution in [2.75, 3.05) is 7.11 Å². The lowest BCUT2D eigenvalue weighted by Gasteiger charge is -2.27. The van der Waals surface area contributed by atoms with Gasteiger partial charge in [0.1, 0.15) is 11.1 Å². The zero-order valence-corrected chi connectivity index (χ0v) is 13.6. The van der Waals surface area contributed by atoms with Crippen LogP contribution in [0.1, 0.15) is 30.5 Å². The Labute approximate surface area is 135 Å². The maximum absolute atomic E-state index is 12.4. The van der Waals surface area contributed by atoms with Gasteiger partial charge in [0.15, 0.2) is 0 Å². The summed E-state index contributed by atoms with van der Waals surface area (Å²) in [6, 6.07) is 12.7. The molecule has 0 saturated carbocycles. The van der Waals surface area contributed by atoms with Gasteiger partial charge in [0.25, 0.3) is 0 Å². The first-order valence-electron chi connectivity index (χ1n) is 6.95. The molecule has 5 heteroatoms. The number of rotatable bonds is 5. The van der Waals surface area contributed by atoms with Gasteiger partial charge in [-0.15, -0.1) is 11.6 Å². The molecule has 0 radical (unpaired) electrons. The number of nitrogens with zero attached hydrogens (tertiary/aromatic N) is 1. The van der Waals surface area contributed by atoms with Gasteiger partial charge in [0.05, 0.1) is 18.3 Å². The number of aromatic nitrogens is 1. The van der Waals surface area contributed by atoms with Crippen LogP contribution in [0, 0.1) is 0 Å². The van der Waals surface area contributed by atoms with Crippen molar-refractivity contribution in [1.82, 2.24) is 10.3 Å². The molecular weight excluding hydrogens is 300 g/mol. The second-order valence-electron chi connectivity index (χ2n) is 5.46. The lowest BCUT2D eigenvalue weighted by molar-refractivity contribution is -0.122. The van der Waals surface area contributed by atoms with E-state index in [-0.39, 0.29) is 5.91 Å². The molecule has 0 fully saturated rings. The van der Waals surface area contributed by atoms with E-state index >= 15 is 0 Å². The molecule has 0 saturated heterocycles. The van der Waals surface area contributed by atoms with Crippen molar-refractivity contribution in [3.8, 4) is 5.75 Å². The number of pyridine rings is 1. The van der Waals surface area contributed by atoms with Crippen LogP contribution in [0.25, 0.3) is 0 Å². The van der Waals surface area contributed by atoms with Gasteiger partial charge in [-0.3, -0.25) is 9.78 Å². The Morgan fingerprint density at radius 1 is 1.23 bits per heavy atom. The number of benzene rings is 1. The molecule has 4 nitrogen and oxygen atoms in total. The fourth-order valence-corrected chi connectivity index (χ4v) is 2.29. The molecule has 1 N–H and O–H groups in total. The van der Waals surface area contributed by atoms with Crippen molar-refractivity contribution < 1.29 is 9.53 Å². The Balaban J connectivity index is 2.10. The topological polar surface area (TPSA) is 51.2 Å². The molecule has 1 aromatic carbocycles. The molecule has 1 aromatic heterocycles. The minimum Gasteiger partial charge on any atom is -0.497 e. The number of hydrogen-bond acceptors (Lipinski definition) is 3. The van der Waals surface area contributed by atoms with Crippen LogP contribution < -0.4 is 10.1 Å². The summed E-state index contributed by atoms with van der Waals surface area (Å²) >= 11 is 6.27. The molecule has 1 amide bonds. The summed E-state index contributed by atoms with van der Waals surface area (Å²) in [5.41, 5.74) is 0.900. The Kier molecular flexibility index (Phi) is 5.03. The van der Waals surface area contributed by atoms with Gasteiger partial charge >= 0.3 is 0 Å². The van der Waals surface area contributed by atoms with Crippen LogP contribution in [0.4, 0.5) is 0 Å². The van der Waals surface area contributed by atoms with Crippen molar-refractivity contribution in [2.45, 2.75) is 24.8 Å². The molecule has 2 aromatic rings. The number of ether oxygens (including phenoxy) is 1. The highest BCUT2D eigenvalue weighted by Gasteiger charge is 2.28. The molecule has 0 aliphatic heterocycles. The third-order valence-corrected chi connectivity index (χ3v) is 3.83. The molecule has 1 atom stereocenters. The van der Waals surface area contributed by atoms with E-state index in [2.05, 4.69) is 10.3 Å². The molecule has 0 aliphatic rings. The largest absolute Gasteiger partial charge is 0.497 e. The summed E-state index contributed by atoms with van der Waals surface area (Å²) in [6.07, 6.45) is 1.70. The predicted molar refractivity (Wildman–Crippen MR) is 87.0 cm³/mol. The average Bonchev–Trinajstić information content (AvgIpc) is 2.54. The predicted octanol–water partition coefficient (Wildman–Crippen LogP) is 3.42. The second-order valence-corrected chi connectivity index (χ2v) is 5.90. The summed E-state index contributed by atoms with van der Waals surface area (Å²) in [7, 11) is 1.59. The maximum atomic E-state index is 12.4. The van der Waals surface area contributed by atoms with Crippen LogP contribution in [0.5, 0.6) is 5.75 Å². The Morgan fingerprint density at radius 2 is 1.91 bits per heavy atom. The van der Waals surface area contributed by atoms with E-state index in [0.717, 1.165) is 17.0 Å². The van der Waals surface area contributed by atoms with Crippen molar-refractivity contribution in [3.63, 3.8) is 0 Å². The van der Waals surface area contributed by atoms with Gasteiger partial charge in [0, 0.05) is 6.20 Å². The van der Waals surface area contributed by atoms with Crippen LogP contribution in [0.15, 0.2) is 48.7 Å². The van der Waals surface area contributed by atoms with Crippen LogP contribution in [-0.4, -0.2) is 18.0 Å². The molecule has 0 spiro atoms. The highest BCUT2D eigenvalue weighted by molar-refractivity contribution is 6.30. The summed E-state index contributed by atoms with van der Waals surface area (Å²) in [6.45, 7) is 3.79. The summed E-state index contributed by atoms with van der Waals surface area (Å²) in [5, 5.41) is 2.17. The average molecular weight is 319 g/mol. The van der Waals surface area contributed by atoms with E-state index in [4.69, 9.17) is 16.3 Å². The first kappa shape index (κ1) is 16.3. The second kappa shape index (κ2) is 6.79. The van der Waals surface area contributed by atoms with Crippen LogP contribution >= 0.6 is 11.6 Å². The normalized spacial score (nSPS) is 12.5. The molecule has 116 valence electrons. The number of nitrogens with one attached hydrogen (secondary N) is 1. The van der Waals surface area contributed by atoms with E-state index in [1.165, 1.54) is 0 Å². The van der Waals surface area contributed by atoms with E-state index in [0.29, 0.717) is 0 Å². The third-order valence-electron chi connectivity index (χ3n) is 3.38. The standard InChI is InChI=1S/C17H19ClN2O2/c1-17(2,14-6-4-5-11-19-14)20-16(21)15(18)12-7-9-13(22-3)10-8-12/h4-11,15H,1-3H3,(H,20,21). The fraction of sp³-hybridized carbons (Fsp3) is 0.294. The smallest absolute Gasteiger partial charge is 0.243 e. The minimum atomic E-state index is -0.770. The van der Waals surface area contributed by atoms with Gasteiger partial charge in [-0.25, -0.2) is 0 Å². The molecule has 0 aliphatic carbocycles. The van der Waals surface area contributed by atoms with Gasteiger partial charge in [-0.1, -0.05) is 18.2 Å². The third kappa shape index (κ3) is 3.77. The maximum Gasteiger partial charge on any atom is 0.243 e. The quantitative estimate of drug-likeness (QED) is 0.859. The summed E-state index contributed by atoms with van der Waals surface area (Å²) in [5.74, 6) is 0.462. The highest BCUT2D eigenvalue weighted by atomic mass is 35.5. The zero-order chi connectivity index (χ0) is 16.2. The number of methoxy groups -OCH3 is 1. The lowest BCUT2D eigenvalue weighted by Crippen LogP contribution is -2.43. The Bertz CT molecular complexity index is 627. The lowest BCUT2D eigenvalue weighted by atomic mass is 9.99. The van der Waals surface area contributed by atoms with Crippen molar-refractivity contribution in [1.29, 1.82) is 0 Å². The highest BCUT2D eigenvalue weighted by Crippen LogP contribution is 2.25. The number of halogens is 1.